The fraction of sp³-hybridized carbons (Fsp3) is 1.00. The topological polar surface area (TPSA) is 32.5 Å². The number of hydrogen-bond acceptors (Lipinski definition) is 3. The van der Waals surface area contributed by atoms with E-state index in [1.165, 1.54) is 57.8 Å². The van der Waals surface area contributed by atoms with Crippen molar-refractivity contribution in [1.82, 2.24) is 9.80 Å². The quantitative estimate of drug-likeness (QED) is 0.593. The van der Waals surface area contributed by atoms with Gasteiger partial charge in [0.25, 0.3) is 0 Å². The Morgan fingerprint density at radius 1 is 1.05 bits per heavy atom. The van der Waals surface area contributed by atoms with E-state index in [2.05, 4.69) is 44.8 Å². The molecule has 1 unspecified atom stereocenters. The number of rotatable bonds is 11. The molecule has 0 spiro atoms. The fourth-order valence-corrected chi connectivity index (χ4v) is 3.52. The van der Waals surface area contributed by atoms with Crippen LogP contribution in [0.5, 0.6) is 0 Å². The van der Waals surface area contributed by atoms with Crippen molar-refractivity contribution in [2.75, 3.05) is 34.2 Å². The fourth-order valence-electron chi connectivity index (χ4n) is 3.52. The average Bonchev–Trinajstić information content (AvgIpc) is 2.41. The van der Waals surface area contributed by atoms with E-state index in [-0.39, 0.29) is 5.54 Å². The molecule has 0 radical (unpaired) electrons. The summed E-state index contributed by atoms with van der Waals surface area (Å²) in [6.07, 6.45) is 12.0. The molecule has 0 aromatic carbocycles. The summed E-state index contributed by atoms with van der Waals surface area (Å²) >= 11 is 0. The summed E-state index contributed by atoms with van der Waals surface area (Å²) < 4.78 is 0. The minimum Gasteiger partial charge on any atom is -0.329 e. The number of likely N-dealkylation sites (N-methyl/N-ethyl adjacent to an activating group) is 2. The Labute approximate surface area is 133 Å². The lowest BCUT2D eigenvalue weighted by molar-refractivity contribution is -0.00587. The molecule has 0 aromatic heterocycles. The lowest BCUT2D eigenvalue weighted by Crippen LogP contribution is -2.61. The van der Waals surface area contributed by atoms with Gasteiger partial charge in [0, 0.05) is 24.2 Å². The maximum Gasteiger partial charge on any atom is 0.0330 e. The predicted molar refractivity (Wildman–Crippen MR) is 93.7 cm³/mol. The zero-order valence-electron chi connectivity index (χ0n) is 15.2. The molecule has 1 rings (SSSR count). The van der Waals surface area contributed by atoms with Crippen molar-refractivity contribution in [3.63, 3.8) is 0 Å². The van der Waals surface area contributed by atoms with E-state index < -0.39 is 0 Å². The maximum absolute atomic E-state index is 6.15. The zero-order chi connectivity index (χ0) is 15.9. The van der Waals surface area contributed by atoms with Crippen molar-refractivity contribution in [2.45, 2.75) is 82.7 Å². The second-order valence-corrected chi connectivity index (χ2v) is 7.69. The summed E-state index contributed by atoms with van der Waals surface area (Å²) in [7, 11) is 6.75. The molecule has 3 nitrogen and oxygen atoms in total. The highest BCUT2D eigenvalue weighted by atomic mass is 15.3. The Morgan fingerprint density at radius 2 is 1.67 bits per heavy atom. The minimum absolute atomic E-state index is 0.158. The van der Waals surface area contributed by atoms with E-state index in [9.17, 15) is 0 Å². The highest BCUT2D eigenvalue weighted by molar-refractivity contribution is 5.00. The molecule has 0 aliphatic heterocycles. The molecule has 0 heterocycles. The van der Waals surface area contributed by atoms with Gasteiger partial charge in [0.15, 0.2) is 0 Å². The van der Waals surface area contributed by atoms with Gasteiger partial charge < -0.3 is 10.6 Å². The summed E-state index contributed by atoms with van der Waals surface area (Å²) in [6, 6.07) is 0. The summed E-state index contributed by atoms with van der Waals surface area (Å²) in [6.45, 7) is 6.55. The van der Waals surface area contributed by atoms with Gasteiger partial charge in [0.05, 0.1) is 0 Å². The van der Waals surface area contributed by atoms with E-state index in [0.717, 1.165) is 13.1 Å². The van der Waals surface area contributed by atoms with Crippen LogP contribution in [-0.2, 0) is 0 Å². The van der Waals surface area contributed by atoms with Gasteiger partial charge in [0.1, 0.15) is 0 Å². The second kappa shape index (κ2) is 8.50. The number of nitrogens with zero attached hydrogens (tertiary/aromatic N) is 2. The van der Waals surface area contributed by atoms with E-state index in [0.29, 0.717) is 5.54 Å². The third-order valence-corrected chi connectivity index (χ3v) is 5.94. The van der Waals surface area contributed by atoms with Gasteiger partial charge in [-0.3, -0.25) is 4.90 Å². The maximum atomic E-state index is 6.15. The monoisotopic (exact) mass is 297 g/mol. The molecule has 2 N–H and O–H groups in total. The highest BCUT2D eigenvalue weighted by Gasteiger charge is 2.42. The SMILES string of the molecule is CCCCCCCC(C)(CN)N(C)CC1(N(C)C)CCC1. The van der Waals surface area contributed by atoms with Crippen molar-refractivity contribution < 1.29 is 0 Å². The van der Waals surface area contributed by atoms with Crippen molar-refractivity contribution in [1.29, 1.82) is 0 Å². The molecule has 21 heavy (non-hydrogen) atoms. The Hall–Kier alpha value is -0.120. The van der Waals surface area contributed by atoms with Crippen LogP contribution < -0.4 is 5.73 Å². The van der Waals surface area contributed by atoms with Crippen LogP contribution in [0.2, 0.25) is 0 Å². The van der Waals surface area contributed by atoms with Gasteiger partial charge in [-0.15, -0.1) is 0 Å². The summed E-state index contributed by atoms with van der Waals surface area (Å²) in [5, 5.41) is 0. The molecule has 1 aliphatic carbocycles. The van der Waals surface area contributed by atoms with Crippen molar-refractivity contribution >= 4 is 0 Å². The van der Waals surface area contributed by atoms with Crippen LogP contribution >= 0.6 is 0 Å². The number of unbranched alkanes of at least 4 members (excludes halogenated alkanes) is 4. The third-order valence-electron chi connectivity index (χ3n) is 5.94. The molecular formula is C18H39N3. The first-order chi connectivity index (χ1) is 9.90. The first-order valence-corrected chi connectivity index (χ1v) is 8.99. The van der Waals surface area contributed by atoms with Crippen LogP contribution in [0.1, 0.15) is 71.6 Å². The molecule has 126 valence electrons. The molecule has 0 aromatic rings. The number of hydrogen-bond donors (Lipinski definition) is 1. The van der Waals surface area contributed by atoms with Crippen molar-refractivity contribution in [2.24, 2.45) is 5.73 Å². The Morgan fingerprint density at radius 3 is 2.10 bits per heavy atom. The second-order valence-electron chi connectivity index (χ2n) is 7.69. The Bertz CT molecular complexity index is 286. The first-order valence-electron chi connectivity index (χ1n) is 8.99. The van der Waals surface area contributed by atoms with Gasteiger partial charge in [-0.2, -0.15) is 0 Å². The predicted octanol–water partition coefficient (Wildman–Crippen LogP) is 3.48. The Balaban J connectivity index is 2.48. The molecule has 3 heteroatoms. The molecule has 0 bridgehead atoms. The standard InChI is InChI=1S/C18H39N3/c1-6-7-8-9-10-12-17(2,15-19)21(5)16-18(20(3)4)13-11-14-18/h6-16,19H2,1-5H3. The molecule has 0 saturated heterocycles. The Kier molecular flexibility index (Phi) is 7.66. The van der Waals surface area contributed by atoms with Gasteiger partial charge in [0.2, 0.25) is 0 Å². The van der Waals surface area contributed by atoms with Crippen molar-refractivity contribution in [3.8, 4) is 0 Å². The molecule has 1 aliphatic rings. The lowest BCUT2D eigenvalue weighted by atomic mass is 9.74. The molecule has 0 amide bonds. The van der Waals surface area contributed by atoms with E-state index >= 15 is 0 Å². The average molecular weight is 298 g/mol. The van der Waals surface area contributed by atoms with E-state index in [1.807, 2.05) is 0 Å². The van der Waals surface area contributed by atoms with Gasteiger partial charge in [-0.25, -0.2) is 0 Å². The normalized spacial score (nSPS) is 20.6. The summed E-state index contributed by atoms with van der Waals surface area (Å²) in [5.41, 5.74) is 6.70. The van der Waals surface area contributed by atoms with Crippen LogP contribution in [0, 0.1) is 0 Å². The van der Waals surface area contributed by atoms with Crippen LogP contribution in [-0.4, -0.2) is 55.1 Å². The lowest BCUT2D eigenvalue weighted by Gasteiger charge is -2.52. The molecular weight excluding hydrogens is 258 g/mol. The zero-order valence-corrected chi connectivity index (χ0v) is 15.2. The smallest absolute Gasteiger partial charge is 0.0330 e. The van der Waals surface area contributed by atoms with E-state index in [1.54, 1.807) is 0 Å². The largest absolute Gasteiger partial charge is 0.329 e. The van der Waals surface area contributed by atoms with Crippen LogP contribution in [0.3, 0.4) is 0 Å². The van der Waals surface area contributed by atoms with Gasteiger partial charge in [-0.1, -0.05) is 39.0 Å². The minimum atomic E-state index is 0.158. The van der Waals surface area contributed by atoms with Crippen LogP contribution in [0.15, 0.2) is 0 Å². The van der Waals surface area contributed by atoms with Crippen LogP contribution in [0.4, 0.5) is 0 Å². The van der Waals surface area contributed by atoms with Crippen molar-refractivity contribution in [3.05, 3.63) is 0 Å². The summed E-state index contributed by atoms with van der Waals surface area (Å²) in [4.78, 5) is 4.98. The van der Waals surface area contributed by atoms with Crippen LogP contribution in [0.25, 0.3) is 0 Å². The summed E-state index contributed by atoms with van der Waals surface area (Å²) in [5.74, 6) is 0. The third kappa shape index (κ3) is 4.94. The number of nitrogens with two attached hydrogens (primary N) is 1. The van der Waals surface area contributed by atoms with E-state index in [4.69, 9.17) is 5.73 Å². The molecule has 1 fully saturated rings. The highest BCUT2D eigenvalue weighted by Crippen LogP contribution is 2.38. The molecule has 1 saturated carbocycles. The van der Waals surface area contributed by atoms with Gasteiger partial charge in [-0.05, 0) is 53.8 Å². The molecule has 1 atom stereocenters. The van der Waals surface area contributed by atoms with Gasteiger partial charge >= 0.3 is 0 Å². The first kappa shape index (κ1) is 18.9.